The molecule has 4 heterocycles. The molecule has 2 aromatic heterocycles. The molecule has 0 atom stereocenters. The van der Waals surface area contributed by atoms with Crippen LogP contribution in [0.2, 0.25) is 0 Å². The van der Waals surface area contributed by atoms with E-state index in [2.05, 4.69) is 86.9 Å². The second-order valence-electron chi connectivity index (χ2n) is 13.7. The van der Waals surface area contributed by atoms with Crippen LogP contribution in [0.15, 0.2) is 110 Å². The Morgan fingerprint density at radius 1 is 0.714 bits per heavy atom. The summed E-state index contributed by atoms with van der Waals surface area (Å²) >= 11 is 0. The highest BCUT2D eigenvalue weighted by Crippen LogP contribution is 2.33. The number of amides is 2. The van der Waals surface area contributed by atoms with Crippen LogP contribution in [0.4, 0.5) is 0 Å². The molecule has 2 aliphatic rings. The maximum atomic E-state index is 14.1. The molecule has 4 aromatic carbocycles. The molecule has 0 spiro atoms. The molecule has 49 heavy (non-hydrogen) atoms. The number of likely N-dealkylation sites (N-methyl/N-ethyl adjacent to an activating group) is 1. The number of piperidine rings is 1. The van der Waals surface area contributed by atoms with Gasteiger partial charge in [-0.1, -0.05) is 72.8 Å². The largest absolute Gasteiger partial charge is 0.347 e. The number of aromatic nitrogens is 3. The molecule has 0 unspecified atom stereocenters. The maximum absolute atomic E-state index is 14.1. The van der Waals surface area contributed by atoms with Gasteiger partial charge in [-0.3, -0.25) is 9.59 Å². The smallest absolute Gasteiger partial charge is 0.256 e. The van der Waals surface area contributed by atoms with Gasteiger partial charge in [-0.15, -0.1) is 0 Å². The number of fused-ring (bicyclic) bond motifs is 2. The summed E-state index contributed by atoms with van der Waals surface area (Å²) in [4.78, 5) is 38.2. The zero-order valence-corrected chi connectivity index (χ0v) is 28.0. The summed E-state index contributed by atoms with van der Waals surface area (Å²) < 4.78 is 4.41. The van der Waals surface area contributed by atoms with Crippen molar-refractivity contribution in [2.24, 2.45) is 5.92 Å². The Kier molecular flexibility index (Phi) is 8.47. The summed E-state index contributed by atoms with van der Waals surface area (Å²) in [7, 11) is 2.11. The summed E-state index contributed by atoms with van der Waals surface area (Å²) in [6, 6.07) is 28.9. The lowest BCUT2D eigenvalue weighted by Crippen LogP contribution is -2.47. The number of nitrogens with zero attached hydrogens (tertiary/aromatic N) is 6. The molecule has 2 fully saturated rings. The molecule has 2 saturated heterocycles. The van der Waals surface area contributed by atoms with Crippen LogP contribution in [-0.2, 0) is 13.1 Å². The number of carbonyl (C=O) groups excluding carboxylic acids is 2. The minimum atomic E-state index is 0.0910. The van der Waals surface area contributed by atoms with E-state index < -0.39 is 0 Å². The second-order valence-corrected chi connectivity index (χ2v) is 13.7. The zero-order chi connectivity index (χ0) is 33.3. The number of piperazine rings is 1. The van der Waals surface area contributed by atoms with Gasteiger partial charge in [0.25, 0.3) is 11.8 Å². The van der Waals surface area contributed by atoms with E-state index in [1.165, 1.54) is 0 Å². The number of likely N-dealkylation sites (tertiary alicyclic amines) is 1. The molecular formula is C41H42N6O2. The van der Waals surface area contributed by atoms with Gasteiger partial charge in [0.05, 0.1) is 24.1 Å². The standard InChI is InChI=1S/C41H42N6O2/c1-43-19-21-46(22-20-43)41(49)39-28-44(27-38(39)37-12-6-10-32-8-4-5-11-36(32)37)26-35-24-42-29-47(35)25-30-15-17-45(18-16-30)40(48)34-14-13-31-7-2-3-9-33(31)23-34/h2-14,23-24,27-30H,15-22,25-26H2,1H3. The number of rotatable bonds is 7. The minimum Gasteiger partial charge on any atom is -0.347 e. The van der Waals surface area contributed by atoms with Crippen LogP contribution in [0.25, 0.3) is 32.7 Å². The predicted molar refractivity (Wildman–Crippen MR) is 195 cm³/mol. The van der Waals surface area contributed by atoms with Gasteiger partial charge in [-0.2, -0.15) is 0 Å². The molecule has 2 aliphatic heterocycles. The molecule has 0 saturated carbocycles. The summed E-state index contributed by atoms with van der Waals surface area (Å²) in [5.41, 5.74) is 4.65. The minimum absolute atomic E-state index is 0.0910. The maximum Gasteiger partial charge on any atom is 0.256 e. The zero-order valence-electron chi connectivity index (χ0n) is 28.0. The normalized spacial score (nSPS) is 16.1. The van der Waals surface area contributed by atoms with Crippen molar-refractivity contribution in [3.05, 3.63) is 127 Å². The Balaban J connectivity index is 0.989. The van der Waals surface area contributed by atoms with Crippen LogP contribution in [-0.4, -0.2) is 86.9 Å². The fraction of sp³-hybridized carbons (Fsp3) is 0.293. The Labute approximate surface area is 287 Å². The van der Waals surface area contributed by atoms with Crippen molar-refractivity contribution in [3.8, 4) is 11.1 Å². The molecular weight excluding hydrogens is 608 g/mol. The fourth-order valence-corrected chi connectivity index (χ4v) is 7.56. The summed E-state index contributed by atoms with van der Waals surface area (Å²) in [6.07, 6.45) is 9.95. The molecule has 2 amide bonds. The lowest BCUT2D eigenvalue weighted by molar-refractivity contribution is 0.0662. The molecule has 6 aromatic rings. The van der Waals surface area contributed by atoms with E-state index in [1.807, 2.05) is 58.9 Å². The molecule has 0 bridgehead atoms. The first-order valence-electron chi connectivity index (χ1n) is 17.4. The Hall–Kier alpha value is -5.21. The number of hydrogen-bond donors (Lipinski definition) is 0. The summed E-state index contributed by atoms with van der Waals surface area (Å²) in [5.74, 6) is 0.663. The van der Waals surface area contributed by atoms with E-state index >= 15 is 0 Å². The average Bonchev–Trinajstić information content (AvgIpc) is 3.77. The third-order valence-corrected chi connectivity index (χ3v) is 10.5. The lowest BCUT2D eigenvalue weighted by atomic mass is 9.96. The van der Waals surface area contributed by atoms with Gasteiger partial charge in [-0.05, 0) is 65.0 Å². The number of hydrogen-bond acceptors (Lipinski definition) is 4. The first-order chi connectivity index (χ1) is 24.0. The van der Waals surface area contributed by atoms with Crippen molar-refractivity contribution < 1.29 is 9.59 Å². The van der Waals surface area contributed by atoms with Crippen LogP contribution in [0.3, 0.4) is 0 Å². The second kappa shape index (κ2) is 13.4. The highest BCUT2D eigenvalue weighted by Gasteiger charge is 2.27. The van der Waals surface area contributed by atoms with Crippen LogP contribution in [0.5, 0.6) is 0 Å². The van der Waals surface area contributed by atoms with Crippen molar-refractivity contribution in [3.63, 3.8) is 0 Å². The highest BCUT2D eigenvalue weighted by atomic mass is 16.2. The van der Waals surface area contributed by atoms with Crippen molar-refractivity contribution in [2.45, 2.75) is 25.9 Å². The van der Waals surface area contributed by atoms with E-state index in [9.17, 15) is 9.59 Å². The van der Waals surface area contributed by atoms with Crippen LogP contribution in [0.1, 0.15) is 39.3 Å². The van der Waals surface area contributed by atoms with E-state index in [4.69, 9.17) is 0 Å². The molecule has 8 rings (SSSR count). The highest BCUT2D eigenvalue weighted by molar-refractivity contribution is 6.06. The third-order valence-electron chi connectivity index (χ3n) is 10.5. The summed E-state index contributed by atoms with van der Waals surface area (Å²) in [6.45, 7) is 6.21. The molecule has 248 valence electrons. The van der Waals surface area contributed by atoms with E-state index in [-0.39, 0.29) is 11.8 Å². The SMILES string of the molecule is CN1CCN(C(=O)c2cn(Cc3cncn3CC3CCN(C(=O)c4ccc5ccccc5c4)CC3)cc2-c2cccc3ccccc23)CC1. The lowest BCUT2D eigenvalue weighted by Gasteiger charge is -2.32. The van der Waals surface area contributed by atoms with Crippen LogP contribution < -0.4 is 0 Å². The third kappa shape index (κ3) is 6.36. The van der Waals surface area contributed by atoms with Gasteiger partial charge in [0.2, 0.25) is 0 Å². The van der Waals surface area contributed by atoms with Gasteiger partial charge in [0.1, 0.15) is 0 Å². The molecule has 0 aliphatic carbocycles. The molecule has 0 N–H and O–H groups in total. The fourth-order valence-electron chi connectivity index (χ4n) is 7.56. The van der Waals surface area contributed by atoms with E-state index in [0.717, 1.165) is 108 Å². The number of benzene rings is 4. The van der Waals surface area contributed by atoms with Crippen LogP contribution >= 0.6 is 0 Å². The van der Waals surface area contributed by atoms with E-state index in [1.54, 1.807) is 0 Å². The van der Waals surface area contributed by atoms with E-state index in [0.29, 0.717) is 12.5 Å². The Morgan fingerprint density at radius 2 is 1.43 bits per heavy atom. The number of imidazole rings is 1. The molecule has 8 heteroatoms. The van der Waals surface area contributed by atoms with Crippen molar-refractivity contribution in [1.29, 1.82) is 0 Å². The van der Waals surface area contributed by atoms with Crippen LogP contribution in [0, 0.1) is 5.92 Å². The first kappa shape index (κ1) is 31.1. The van der Waals surface area contributed by atoms with Gasteiger partial charge in [-0.25, -0.2) is 4.98 Å². The summed E-state index contributed by atoms with van der Waals surface area (Å²) in [5, 5.41) is 4.55. The quantitative estimate of drug-likeness (QED) is 0.194. The van der Waals surface area contributed by atoms with Crippen molar-refractivity contribution in [2.75, 3.05) is 46.3 Å². The Morgan fingerprint density at radius 3 is 2.24 bits per heavy atom. The monoisotopic (exact) mass is 650 g/mol. The van der Waals surface area contributed by atoms with Gasteiger partial charge in [0, 0.05) is 75.5 Å². The average molecular weight is 651 g/mol. The van der Waals surface area contributed by atoms with Gasteiger partial charge >= 0.3 is 0 Å². The molecule has 0 radical (unpaired) electrons. The van der Waals surface area contributed by atoms with Crippen molar-refractivity contribution >= 4 is 33.4 Å². The Bertz CT molecular complexity index is 2130. The van der Waals surface area contributed by atoms with Gasteiger partial charge < -0.3 is 23.8 Å². The first-order valence-corrected chi connectivity index (χ1v) is 17.4. The topological polar surface area (TPSA) is 66.6 Å². The molecule has 8 nitrogen and oxygen atoms in total. The van der Waals surface area contributed by atoms with Crippen molar-refractivity contribution in [1.82, 2.24) is 28.8 Å². The predicted octanol–water partition coefficient (Wildman–Crippen LogP) is 6.65. The van der Waals surface area contributed by atoms with Gasteiger partial charge in [0.15, 0.2) is 0 Å². The number of carbonyl (C=O) groups is 2.